The van der Waals surface area contributed by atoms with E-state index >= 15 is 0 Å². The number of hydrogen-bond donors (Lipinski definition) is 4. The number of rotatable bonds is 3. The zero-order chi connectivity index (χ0) is 14.9. The molecule has 0 atom stereocenters. The fourth-order valence-corrected chi connectivity index (χ4v) is 2.48. The van der Waals surface area contributed by atoms with E-state index in [1.807, 2.05) is 13.0 Å². The Morgan fingerprint density at radius 3 is 2.30 bits per heavy atom. The van der Waals surface area contributed by atoms with Crippen molar-refractivity contribution in [1.29, 1.82) is 0 Å². The molecule has 0 saturated heterocycles. The summed E-state index contributed by atoms with van der Waals surface area (Å²) >= 11 is 0. The molecule has 0 unspecified atom stereocenters. The first-order chi connectivity index (χ1) is 9.27. The van der Waals surface area contributed by atoms with Crippen LogP contribution in [-0.2, 0) is 10.1 Å². The van der Waals surface area contributed by atoms with Crippen LogP contribution in [0.2, 0.25) is 0 Å². The molecule has 0 bridgehead atoms. The summed E-state index contributed by atoms with van der Waals surface area (Å²) in [6.45, 7) is 1.90. The Morgan fingerprint density at radius 2 is 1.70 bits per heavy atom. The molecule has 0 radical (unpaired) electrons. The molecule has 7 heteroatoms. The van der Waals surface area contributed by atoms with Crippen LogP contribution in [0.5, 0.6) is 0 Å². The average molecular weight is 293 g/mol. The second kappa shape index (κ2) is 5.03. The molecule has 2 aromatic rings. The van der Waals surface area contributed by atoms with Crippen LogP contribution in [0.1, 0.15) is 5.56 Å². The van der Waals surface area contributed by atoms with Crippen LogP contribution in [0.25, 0.3) is 0 Å². The van der Waals surface area contributed by atoms with Crippen LogP contribution < -0.4 is 16.8 Å². The van der Waals surface area contributed by atoms with Crippen molar-refractivity contribution in [3.05, 3.63) is 42.0 Å². The quantitative estimate of drug-likeness (QED) is 0.508. The summed E-state index contributed by atoms with van der Waals surface area (Å²) in [6.07, 6.45) is 0. The van der Waals surface area contributed by atoms with Gasteiger partial charge in [0, 0.05) is 5.69 Å². The Kier molecular flexibility index (Phi) is 3.56. The van der Waals surface area contributed by atoms with Gasteiger partial charge in [-0.25, -0.2) is 0 Å². The molecule has 2 rings (SSSR count). The fourth-order valence-electron chi connectivity index (χ4n) is 1.80. The lowest BCUT2D eigenvalue weighted by Gasteiger charge is -2.13. The van der Waals surface area contributed by atoms with Crippen molar-refractivity contribution in [2.75, 3.05) is 16.8 Å². The molecule has 0 aromatic heterocycles. The Labute approximate surface area is 117 Å². The van der Waals surface area contributed by atoms with Crippen molar-refractivity contribution in [3.8, 4) is 0 Å². The van der Waals surface area contributed by atoms with E-state index in [0.717, 1.165) is 5.56 Å². The minimum absolute atomic E-state index is 0.206. The van der Waals surface area contributed by atoms with Gasteiger partial charge in [0.15, 0.2) is 0 Å². The number of nitrogens with one attached hydrogen (secondary N) is 1. The molecule has 6 nitrogen and oxygen atoms in total. The number of benzene rings is 2. The van der Waals surface area contributed by atoms with Crippen molar-refractivity contribution >= 4 is 32.9 Å². The third-order valence-corrected chi connectivity index (χ3v) is 3.65. The van der Waals surface area contributed by atoms with Gasteiger partial charge in [-0.2, -0.15) is 8.42 Å². The van der Waals surface area contributed by atoms with E-state index < -0.39 is 10.1 Å². The summed E-state index contributed by atoms with van der Waals surface area (Å²) in [4.78, 5) is -0.294. The number of anilines is 4. The third-order valence-electron chi connectivity index (χ3n) is 2.76. The summed E-state index contributed by atoms with van der Waals surface area (Å²) in [6, 6.07) is 9.51. The van der Waals surface area contributed by atoms with Crippen LogP contribution in [-0.4, -0.2) is 13.0 Å². The maximum atomic E-state index is 11.4. The minimum Gasteiger partial charge on any atom is -0.399 e. The SMILES string of the molecule is Cc1ccc(Nc2ccc(N)cc2S(=O)(=O)O)c(N)c1. The second-order valence-corrected chi connectivity index (χ2v) is 5.84. The lowest BCUT2D eigenvalue weighted by Crippen LogP contribution is -2.05. The zero-order valence-electron chi connectivity index (χ0n) is 10.8. The molecular formula is C13H15N3O3S. The molecule has 0 aliphatic carbocycles. The molecule has 20 heavy (non-hydrogen) atoms. The van der Waals surface area contributed by atoms with Gasteiger partial charge in [-0.05, 0) is 42.8 Å². The number of aryl methyl sites for hydroxylation is 1. The summed E-state index contributed by atoms with van der Waals surface area (Å²) in [5, 5.41) is 2.88. The molecule has 106 valence electrons. The van der Waals surface area contributed by atoms with Gasteiger partial charge in [-0.3, -0.25) is 4.55 Å². The van der Waals surface area contributed by atoms with Crippen molar-refractivity contribution in [2.24, 2.45) is 0 Å². The number of nitrogens with two attached hydrogens (primary N) is 2. The van der Waals surface area contributed by atoms with E-state index in [9.17, 15) is 13.0 Å². The lowest BCUT2D eigenvalue weighted by molar-refractivity contribution is 0.483. The summed E-state index contributed by atoms with van der Waals surface area (Å²) < 4.78 is 32.0. The van der Waals surface area contributed by atoms with Gasteiger partial charge in [0.05, 0.1) is 17.1 Å². The van der Waals surface area contributed by atoms with Gasteiger partial charge in [-0.1, -0.05) is 6.07 Å². The highest BCUT2D eigenvalue weighted by Gasteiger charge is 2.16. The van der Waals surface area contributed by atoms with E-state index in [4.69, 9.17) is 11.5 Å². The van der Waals surface area contributed by atoms with Gasteiger partial charge >= 0.3 is 0 Å². The van der Waals surface area contributed by atoms with Crippen molar-refractivity contribution < 1.29 is 13.0 Å². The van der Waals surface area contributed by atoms with Gasteiger partial charge in [0.25, 0.3) is 10.1 Å². The first-order valence-corrected chi connectivity index (χ1v) is 7.21. The highest BCUT2D eigenvalue weighted by atomic mass is 32.2. The average Bonchev–Trinajstić information content (AvgIpc) is 2.33. The molecule has 0 aliphatic heterocycles. The van der Waals surface area contributed by atoms with E-state index in [-0.39, 0.29) is 16.3 Å². The normalized spacial score (nSPS) is 11.3. The number of nitrogen functional groups attached to an aromatic ring is 2. The van der Waals surface area contributed by atoms with Crippen molar-refractivity contribution in [2.45, 2.75) is 11.8 Å². The van der Waals surface area contributed by atoms with Crippen LogP contribution >= 0.6 is 0 Å². The largest absolute Gasteiger partial charge is 0.399 e. The Balaban J connectivity index is 2.49. The molecular weight excluding hydrogens is 278 g/mol. The van der Waals surface area contributed by atoms with Crippen LogP contribution in [0.4, 0.5) is 22.7 Å². The van der Waals surface area contributed by atoms with Gasteiger partial charge in [0.1, 0.15) is 4.90 Å². The predicted molar refractivity (Wildman–Crippen MR) is 79.5 cm³/mol. The molecule has 0 heterocycles. The highest BCUT2D eigenvalue weighted by molar-refractivity contribution is 7.86. The molecule has 6 N–H and O–H groups in total. The van der Waals surface area contributed by atoms with Gasteiger partial charge < -0.3 is 16.8 Å². The monoisotopic (exact) mass is 293 g/mol. The van der Waals surface area contributed by atoms with Crippen molar-refractivity contribution in [1.82, 2.24) is 0 Å². The van der Waals surface area contributed by atoms with E-state index in [2.05, 4.69) is 5.32 Å². The Bertz CT molecular complexity index is 757. The van der Waals surface area contributed by atoms with E-state index in [1.165, 1.54) is 18.2 Å². The Morgan fingerprint density at radius 1 is 1.05 bits per heavy atom. The van der Waals surface area contributed by atoms with Gasteiger partial charge in [-0.15, -0.1) is 0 Å². The van der Waals surface area contributed by atoms with E-state index in [0.29, 0.717) is 11.4 Å². The maximum absolute atomic E-state index is 11.4. The lowest BCUT2D eigenvalue weighted by atomic mass is 10.2. The second-order valence-electron chi connectivity index (χ2n) is 4.45. The molecule has 0 amide bonds. The number of hydrogen-bond acceptors (Lipinski definition) is 5. The first-order valence-electron chi connectivity index (χ1n) is 5.77. The Hall–Kier alpha value is -2.25. The molecule has 2 aromatic carbocycles. The molecule has 0 aliphatic rings. The third kappa shape index (κ3) is 3.01. The molecule has 0 saturated carbocycles. The summed E-state index contributed by atoms with van der Waals surface area (Å²) in [5.41, 5.74) is 13.8. The minimum atomic E-state index is -4.38. The zero-order valence-corrected chi connectivity index (χ0v) is 11.6. The fraction of sp³-hybridized carbons (Fsp3) is 0.0769. The first kappa shape index (κ1) is 14.2. The van der Waals surface area contributed by atoms with Crippen LogP contribution in [0.3, 0.4) is 0 Å². The van der Waals surface area contributed by atoms with Crippen LogP contribution in [0.15, 0.2) is 41.3 Å². The van der Waals surface area contributed by atoms with Crippen molar-refractivity contribution in [3.63, 3.8) is 0 Å². The standard InChI is InChI=1S/C13H15N3O3S/c1-8-2-4-11(10(15)6-8)16-12-5-3-9(14)7-13(12)20(17,18)19/h2-7,16H,14-15H2,1H3,(H,17,18,19). The van der Waals surface area contributed by atoms with Gasteiger partial charge in [0.2, 0.25) is 0 Å². The topological polar surface area (TPSA) is 118 Å². The summed E-state index contributed by atoms with van der Waals surface area (Å²) in [7, 11) is -4.38. The highest BCUT2D eigenvalue weighted by Crippen LogP contribution is 2.29. The summed E-state index contributed by atoms with van der Waals surface area (Å²) in [5.74, 6) is 0. The predicted octanol–water partition coefficient (Wildman–Crippen LogP) is 2.15. The van der Waals surface area contributed by atoms with E-state index in [1.54, 1.807) is 12.1 Å². The smallest absolute Gasteiger partial charge is 0.296 e. The molecule has 0 spiro atoms. The maximum Gasteiger partial charge on any atom is 0.296 e. The van der Waals surface area contributed by atoms with Crippen LogP contribution in [0, 0.1) is 6.92 Å². The molecule has 0 fully saturated rings.